The van der Waals surface area contributed by atoms with E-state index < -0.39 is 5.97 Å². The van der Waals surface area contributed by atoms with Crippen molar-refractivity contribution < 1.29 is 19.4 Å². The molecule has 0 heterocycles. The lowest BCUT2D eigenvalue weighted by Crippen LogP contribution is -1.97. The number of hydrogen-bond acceptors (Lipinski definition) is 3. The number of aliphatic carboxylic acids is 1. The van der Waals surface area contributed by atoms with Crippen LogP contribution in [0.15, 0.2) is 24.8 Å². The summed E-state index contributed by atoms with van der Waals surface area (Å²) in [5.41, 5.74) is 0.176. The smallest absolute Gasteiger partial charge is 0.330 e. The molecule has 5 nitrogen and oxygen atoms in total. The molecule has 0 aliphatic heterocycles. The SMILES string of the molecule is C=C(C)C(=O)O.C=CC(=O)OCC.[NH2-]. The molecule has 0 radical (unpaired) electrons. The van der Waals surface area contributed by atoms with Crippen molar-refractivity contribution in [2.75, 3.05) is 6.61 Å². The van der Waals surface area contributed by atoms with Crippen molar-refractivity contribution in [3.63, 3.8) is 0 Å². The fraction of sp³-hybridized carbons (Fsp3) is 0.333. The number of hydrogen-bond donors (Lipinski definition) is 1. The first-order chi connectivity index (χ1) is 5.95. The summed E-state index contributed by atoms with van der Waals surface area (Å²) in [6, 6.07) is 0. The molecular formula is C9H16NO4-. The summed E-state index contributed by atoms with van der Waals surface area (Å²) >= 11 is 0. The highest BCUT2D eigenvalue weighted by atomic mass is 16.5. The van der Waals surface area contributed by atoms with E-state index in [2.05, 4.69) is 17.9 Å². The van der Waals surface area contributed by atoms with Crippen LogP contribution in [0, 0.1) is 0 Å². The number of carbonyl (C=O) groups is 2. The molecule has 0 amide bonds. The van der Waals surface area contributed by atoms with Crippen molar-refractivity contribution in [1.29, 1.82) is 0 Å². The van der Waals surface area contributed by atoms with Crippen LogP contribution in [0.1, 0.15) is 13.8 Å². The monoisotopic (exact) mass is 202 g/mol. The van der Waals surface area contributed by atoms with Crippen molar-refractivity contribution >= 4 is 11.9 Å². The van der Waals surface area contributed by atoms with Gasteiger partial charge in [-0.1, -0.05) is 13.2 Å². The average molecular weight is 202 g/mol. The summed E-state index contributed by atoms with van der Waals surface area (Å²) in [5, 5.41) is 7.89. The molecule has 0 aromatic carbocycles. The molecule has 0 aliphatic carbocycles. The van der Waals surface area contributed by atoms with E-state index in [9.17, 15) is 9.59 Å². The molecule has 0 aliphatic rings. The largest absolute Gasteiger partial charge is 0.693 e. The van der Waals surface area contributed by atoms with E-state index in [1.165, 1.54) is 6.92 Å². The van der Waals surface area contributed by atoms with Gasteiger partial charge in [0.1, 0.15) is 0 Å². The molecule has 14 heavy (non-hydrogen) atoms. The van der Waals surface area contributed by atoms with Gasteiger partial charge >= 0.3 is 11.9 Å². The normalized spacial score (nSPS) is 7.00. The number of nitrogens with two attached hydrogens (primary N) is 1. The van der Waals surface area contributed by atoms with E-state index >= 15 is 0 Å². The third kappa shape index (κ3) is 16.8. The van der Waals surface area contributed by atoms with Crippen molar-refractivity contribution in [3.05, 3.63) is 31.0 Å². The van der Waals surface area contributed by atoms with E-state index in [4.69, 9.17) is 5.11 Å². The minimum atomic E-state index is -0.935. The van der Waals surface area contributed by atoms with Crippen LogP contribution < -0.4 is 0 Å². The van der Waals surface area contributed by atoms with Gasteiger partial charge in [-0.15, -0.1) is 0 Å². The van der Waals surface area contributed by atoms with Gasteiger partial charge in [-0.25, -0.2) is 9.59 Å². The second-order valence-corrected chi connectivity index (χ2v) is 2.04. The van der Waals surface area contributed by atoms with Crippen LogP contribution in [0.3, 0.4) is 0 Å². The Morgan fingerprint density at radius 3 is 1.93 bits per heavy atom. The maximum Gasteiger partial charge on any atom is 0.330 e. The zero-order valence-corrected chi connectivity index (χ0v) is 8.45. The van der Waals surface area contributed by atoms with Crippen molar-refractivity contribution in [1.82, 2.24) is 0 Å². The molecule has 0 atom stereocenters. The summed E-state index contributed by atoms with van der Waals surface area (Å²) in [5.74, 6) is -1.29. The number of rotatable bonds is 3. The van der Waals surface area contributed by atoms with Crippen LogP contribution in [-0.4, -0.2) is 23.7 Å². The lowest BCUT2D eigenvalue weighted by molar-refractivity contribution is -0.137. The Morgan fingerprint density at radius 2 is 1.86 bits per heavy atom. The second-order valence-electron chi connectivity index (χ2n) is 2.04. The van der Waals surface area contributed by atoms with Gasteiger partial charge in [0.2, 0.25) is 0 Å². The Bertz CT molecular complexity index is 199. The Labute approximate surface area is 83.7 Å². The van der Waals surface area contributed by atoms with E-state index in [0.717, 1.165) is 6.08 Å². The van der Waals surface area contributed by atoms with Crippen LogP contribution in [0.25, 0.3) is 6.15 Å². The lowest BCUT2D eigenvalue weighted by atomic mass is 10.4. The van der Waals surface area contributed by atoms with Gasteiger partial charge in [-0.2, -0.15) is 0 Å². The first-order valence-electron chi connectivity index (χ1n) is 3.63. The highest BCUT2D eigenvalue weighted by molar-refractivity contribution is 5.84. The summed E-state index contributed by atoms with van der Waals surface area (Å²) in [7, 11) is 0. The van der Waals surface area contributed by atoms with Gasteiger partial charge < -0.3 is 16.0 Å². The molecule has 0 spiro atoms. The zero-order chi connectivity index (χ0) is 10.9. The molecule has 0 fully saturated rings. The molecule has 3 N–H and O–H groups in total. The van der Waals surface area contributed by atoms with Crippen LogP contribution >= 0.6 is 0 Å². The molecule has 0 saturated heterocycles. The van der Waals surface area contributed by atoms with E-state index in [-0.39, 0.29) is 17.7 Å². The summed E-state index contributed by atoms with van der Waals surface area (Å²) in [4.78, 5) is 19.7. The molecule has 5 heteroatoms. The predicted molar refractivity (Wildman–Crippen MR) is 54.6 cm³/mol. The van der Waals surface area contributed by atoms with E-state index in [0.29, 0.717) is 6.61 Å². The molecule has 0 aromatic rings. The molecule has 82 valence electrons. The van der Waals surface area contributed by atoms with Crippen LogP contribution in [0.5, 0.6) is 0 Å². The highest BCUT2D eigenvalue weighted by Crippen LogP contribution is 1.81. The number of esters is 1. The maximum absolute atomic E-state index is 10.1. The highest BCUT2D eigenvalue weighted by Gasteiger charge is 1.90. The number of carbonyl (C=O) groups excluding carboxylic acids is 1. The number of carboxylic acid groups (broad SMARTS) is 1. The van der Waals surface area contributed by atoms with Crippen LogP contribution in [0.2, 0.25) is 0 Å². The van der Waals surface area contributed by atoms with Crippen molar-refractivity contribution in [3.8, 4) is 0 Å². The maximum atomic E-state index is 10.1. The topological polar surface area (TPSA) is 97.1 Å². The Kier molecular flexibility index (Phi) is 14.8. The van der Waals surface area contributed by atoms with Gasteiger partial charge in [0, 0.05) is 11.6 Å². The minimum Gasteiger partial charge on any atom is -0.693 e. The van der Waals surface area contributed by atoms with E-state index in [1.807, 2.05) is 0 Å². The average Bonchev–Trinajstić information content (AvgIpc) is 2.05. The van der Waals surface area contributed by atoms with Crippen molar-refractivity contribution in [2.45, 2.75) is 13.8 Å². The Hall–Kier alpha value is -1.62. The predicted octanol–water partition coefficient (Wildman–Crippen LogP) is 2.10. The molecule has 0 aromatic heterocycles. The fourth-order valence-electron chi connectivity index (χ4n) is 0.201. The van der Waals surface area contributed by atoms with E-state index in [1.54, 1.807) is 6.92 Å². The minimum absolute atomic E-state index is 0. The quantitative estimate of drug-likeness (QED) is 0.559. The lowest BCUT2D eigenvalue weighted by Gasteiger charge is -1.90. The summed E-state index contributed by atoms with van der Waals surface area (Å²) in [6.07, 6.45) is 1.14. The third-order valence-corrected chi connectivity index (χ3v) is 0.818. The molecule has 0 saturated carbocycles. The van der Waals surface area contributed by atoms with Crippen molar-refractivity contribution in [2.24, 2.45) is 0 Å². The first kappa shape index (κ1) is 18.2. The van der Waals surface area contributed by atoms with Gasteiger partial charge in [0.15, 0.2) is 0 Å². The van der Waals surface area contributed by atoms with Gasteiger partial charge in [-0.3, -0.25) is 0 Å². The number of carboxylic acids is 1. The second kappa shape index (κ2) is 11.4. The first-order valence-corrected chi connectivity index (χ1v) is 3.63. The molecule has 0 rings (SSSR count). The van der Waals surface area contributed by atoms with Crippen LogP contribution in [-0.2, 0) is 14.3 Å². The number of ether oxygens (including phenoxy) is 1. The van der Waals surface area contributed by atoms with Crippen LogP contribution in [0.4, 0.5) is 0 Å². The molecular weight excluding hydrogens is 186 g/mol. The Balaban J connectivity index is -0.000000163. The fourth-order valence-corrected chi connectivity index (χ4v) is 0.201. The molecule has 0 bridgehead atoms. The van der Waals surface area contributed by atoms with Gasteiger partial charge in [0.25, 0.3) is 0 Å². The van der Waals surface area contributed by atoms with Gasteiger partial charge in [0.05, 0.1) is 6.61 Å². The summed E-state index contributed by atoms with van der Waals surface area (Å²) in [6.45, 7) is 9.98. The third-order valence-electron chi connectivity index (χ3n) is 0.818. The standard InChI is InChI=1S/C5H8O2.C4H6O2.H2N/c1-3-5(6)7-4-2;1-3(2)4(5)6;/h3H,1,4H2,2H3;1H2,2H3,(H,5,6);1H2/q;;-1. The molecule has 0 unspecified atom stereocenters. The zero-order valence-electron chi connectivity index (χ0n) is 8.45. The Morgan fingerprint density at radius 1 is 1.50 bits per heavy atom. The summed E-state index contributed by atoms with van der Waals surface area (Å²) < 4.78 is 4.43. The van der Waals surface area contributed by atoms with Gasteiger partial charge in [-0.05, 0) is 13.8 Å².